The average molecular weight is 513 g/mol. The van der Waals surface area contributed by atoms with Crippen molar-refractivity contribution < 1.29 is 27.5 Å². The van der Waals surface area contributed by atoms with Crippen LogP contribution in [0.1, 0.15) is 45.8 Å². The van der Waals surface area contributed by atoms with Crippen molar-refractivity contribution in [3.05, 3.63) is 83.1 Å². The first-order chi connectivity index (χ1) is 17.6. The minimum Gasteiger partial charge on any atom is -0.479 e. The first kappa shape index (κ1) is 26.0. The van der Waals surface area contributed by atoms with E-state index in [4.69, 9.17) is 4.74 Å². The van der Waals surface area contributed by atoms with Crippen molar-refractivity contribution in [2.45, 2.75) is 24.9 Å². The number of aromatic nitrogens is 2. The number of alkyl halides is 3. The second kappa shape index (κ2) is 10.9. The molecule has 0 radical (unpaired) electrons. The van der Waals surface area contributed by atoms with Crippen LogP contribution in [0.15, 0.2) is 60.8 Å². The summed E-state index contributed by atoms with van der Waals surface area (Å²) < 4.78 is 45.3. The summed E-state index contributed by atoms with van der Waals surface area (Å²) in [6.45, 7) is 1.10. The summed E-state index contributed by atoms with van der Waals surface area (Å²) in [6.07, 6.45) is 1.44. The fraction of sp³-hybridized carbons (Fsp3) is 0.296. The number of likely N-dealkylation sites (tertiary alicyclic amines) is 1. The number of carbonyl (C=O) groups excluding carboxylic acids is 2. The lowest BCUT2D eigenvalue weighted by Crippen LogP contribution is -2.36. The van der Waals surface area contributed by atoms with Crippen LogP contribution in [0.3, 0.4) is 0 Å². The molecule has 1 N–H and O–H groups in total. The molecule has 0 spiro atoms. The Morgan fingerprint density at radius 2 is 1.81 bits per heavy atom. The van der Waals surface area contributed by atoms with Gasteiger partial charge in [0.1, 0.15) is 5.56 Å². The molecule has 1 saturated heterocycles. The Hall–Kier alpha value is -4.08. The van der Waals surface area contributed by atoms with Crippen LogP contribution in [0.4, 0.5) is 18.9 Å². The lowest BCUT2D eigenvalue weighted by atomic mass is 9.89. The highest BCUT2D eigenvalue weighted by Crippen LogP contribution is 2.31. The molecule has 0 saturated carbocycles. The van der Waals surface area contributed by atoms with Crippen LogP contribution in [-0.4, -0.2) is 46.7 Å². The zero-order chi connectivity index (χ0) is 26.6. The molecule has 4 rings (SSSR count). The molecular formula is C27H27F3N4O3. The van der Waals surface area contributed by atoms with E-state index in [9.17, 15) is 22.8 Å². The van der Waals surface area contributed by atoms with Gasteiger partial charge < -0.3 is 15.0 Å². The molecule has 2 amide bonds. The second-order valence-electron chi connectivity index (χ2n) is 8.86. The summed E-state index contributed by atoms with van der Waals surface area (Å²) >= 11 is 0. The third kappa shape index (κ3) is 6.38. The molecular weight excluding hydrogens is 485 g/mol. The van der Waals surface area contributed by atoms with Crippen molar-refractivity contribution in [2.24, 2.45) is 7.05 Å². The topological polar surface area (TPSA) is 76.5 Å². The van der Waals surface area contributed by atoms with Gasteiger partial charge in [0.05, 0.1) is 12.7 Å². The highest BCUT2D eigenvalue weighted by Gasteiger charge is 2.30. The summed E-state index contributed by atoms with van der Waals surface area (Å²) in [7, 11) is 3.17. The predicted octanol–water partition coefficient (Wildman–Crippen LogP) is 5.12. The number of nitrogens with one attached hydrogen (secondary N) is 1. The molecule has 194 valence electrons. The molecule has 1 fully saturated rings. The van der Waals surface area contributed by atoms with Crippen LogP contribution in [0, 0.1) is 0 Å². The first-order valence-electron chi connectivity index (χ1n) is 11.8. The standard InChI is InChI=1S/C27H27F3N4O3/c1-33-17-23(26(32-33)37-2)25(36)31-22-9-7-19(8-10-22)20-12-14-34(15-13-20)24(35)11-6-18-4-3-5-21(16-18)27(28,29)30/h3-11,16-17,20H,12-15H2,1-2H3,(H,31,36)/b11-6+. The summed E-state index contributed by atoms with van der Waals surface area (Å²) in [5, 5.41) is 6.93. The first-order valence-corrected chi connectivity index (χ1v) is 11.8. The summed E-state index contributed by atoms with van der Waals surface area (Å²) in [4.78, 5) is 26.8. The maximum atomic E-state index is 12.9. The van der Waals surface area contributed by atoms with Crippen molar-refractivity contribution in [2.75, 3.05) is 25.5 Å². The number of piperidine rings is 1. The Balaban J connectivity index is 1.30. The monoisotopic (exact) mass is 512 g/mol. The molecule has 1 aliphatic rings. The van der Waals surface area contributed by atoms with Gasteiger partial charge >= 0.3 is 6.18 Å². The van der Waals surface area contributed by atoms with E-state index in [0.717, 1.165) is 30.5 Å². The molecule has 1 aliphatic heterocycles. The minimum atomic E-state index is -4.42. The fourth-order valence-corrected chi connectivity index (χ4v) is 4.34. The summed E-state index contributed by atoms with van der Waals surface area (Å²) in [6, 6.07) is 12.5. The van der Waals surface area contributed by atoms with Gasteiger partial charge in [-0.15, -0.1) is 5.10 Å². The fourth-order valence-electron chi connectivity index (χ4n) is 4.34. The number of methoxy groups -OCH3 is 1. The van der Waals surface area contributed by atoms with Crippen molar-refractivity contribution in [1.82, 2.24) is 14.7 Å². The van der Waals surface area contributed by atoms with E-state index in [1.807, 2.05) is 24.3 Å². The Kier molecular flexibility index (Phi) is 7.66. The normalized spacial score (nSPS) is 14.7. The number of aryl methyl sites for hydroxylation is 1. The molecule has 0 bridgehead atoms. The number of nitrogens with zero attached hydrogens (tertiary/aromatic N) is 3. The van der Waals surface area contributed by atoms with Crippen LogP contribution >= 0.6 is 0 Å². The number of rotatable bonds is 6. The predicted molar refractivity (Wildman–Crippen MR) is 133 cm³/mol. The van der Waals surface area contributed by atoms with E-state index >= 15 is 0 Å². The maximum absolute atomic E-state index is 12.9. The van der Waals surface area contributed by atoms with E-state index in [-0.39, 0.29) is 23.6 Å². The average Bonchev–Trinajstić information content (AvgIpc) is 3.28. The number of benzene rings is 2. The van der Waals surface area contributed by atoms with Gasteiger partial charge in [-0.3, -0.25) is 14.3 Å². The highest BCUT2D eigenvalue weighted by atomic mass is 19.4. The number of hydrogen-bond donors (Lipinski definition) is 1. The minimum absolute atomic E-state index is 0.222. The Morgan fingerprint density at radius 1 is 1.11 bits per heavy atom. The molecule has 37 heavy (non-hydrogen) atoms. The molecule has 2 heterocycles. The van der Waals surface area contributed by atoms with E-state index in [0.29, 0.717) is 29.9 Å². The van der Waals surface area contributed by atoms with Crippen molar-refractivity contribution >= 4 is 23.6 Å². The Labute approximate surface area is 212 Å². The Morgan fingerprint density at radius 3 is 2.46 bits per heavy atom. The lowest BCUT2D eigenvalue weighted by molar-refractivity contribution is -0.137. The zero-order valence-corrected chi connectivity index (χ0v) is 20.5. The number of ether oxygens (including phenoxy) is 1. The zero-order valence-electron chi connectivity index (χ0n) is 20.5. The van der Waals surface area contributed by atoms with Gasteiger partial charge in [-0.25, -0.2) is 0 Å². The van der Waals surface area contributed by atoms with Crippen molar-refractivity contribution in [3.8, 4) is 5.88 Å². The molecule has 7 nitrogen and oxygen atoms in total. The number of halogens is 3. The van der Waals surface area contributed by atoms with Gasteiger partial charge in [0.2, 0.25) is 11.8 Å². The van der Waals surface area contributed by atoms with E-state index < -0.39 is 11.7 Å². The van der Waals surface area contributed by atoms with E-state index in [1.54, 1.807) is 18.1 Å². The molecule has 3 aromatic rings. The van der Waals surface area contributed by atoms with Gasteiger partial charge in [0, 0.05) is 38.1 Å². The maximum Gasteiger partial charge on any atom is 0.416 e. The summed E-state index contributed by atoms with van der Waals surface area (Å²) in [5.41, 5.74) is 1.68. The third-order valence-corrected chi connectivity index (χ3v) is 6.31. The molecule has 0 atom stereocenters. The van der Waals surface area contributed by atoms with Gasteiger partial charge in [0.25, 0.3) is 5.91 Å². The lowest BCUT2D eigenvalue weighted by Gasteiger charge is -2.31. The largest absolute Gasteiger partial charge is 0.479 e. The number of hydrogen-bond acceptors (Lipinski definition) is 4. The molecule has 1 aromatic heterocycles. The van der Waals surface area contributed by atoms with Gasteiger partial charge in [-0.2, -0.15) is 13.2 Å². The van der Waals surface area contributed by atoms with Gasteiger partial charge in [-0.1, -0.05) is 24.3 Å². The molecule has 10 heteroatoms. The van der Waals surface area contributed by atoms with Crippen molar-refractivity contribution in [1.29, 1.82) is 0 Å². The Bertz CT molecular complexity index is 1290. The molecule has 2 aromatic carbocycles. The molecule has 0 aliphatic carbocycles. The summed E-state index contributed by atoms with van der Waals surface area (Å²) in [5.74, 6) is -0.0234. The smallest absolute Gasteiger partial charge is 0.416 e. The van der Waals surface area contributed by atoms with E-state index in [1.165, 1.54) is 36.1 Å². The molecule has 0 unspecified atom stereocenters. The van der Waals surface area contributed by atoms with Crippen molar-refractivity contribution in [3.63, 3.8) is 0 Å². The van der Waals surface area contributed by atoms with E-state index in [2.05, 4.69) is 10.4 Å². The van der Waals surface area contributed by atoms with Crippen LogP contribution in [0.25, 0.3) is 6.08 Å². The van der Waals surface area contributed by atoms with Gasteiger partial charge in [-0.05, 0) is 60.2 Å². The third-order valence-electron chi connectivity index (χ3n) is 6.31. The van der Waals surface area contributed by atoms with Crippen LogP contribution in [-0.2, 0) is 18.0 Å². The van der Waals surface area contributed by atoms with Crippen LogP contribution in [0.5, 0.6) is 5.88 Å². The second-order valence-corrected chi connectivity index (χ2v) is 8.86. The number of carbonyl (C=O) groups is 2. The highest BCUT2D eigenvalue weighted by molar-refractivity contribution is 6.05. The van der Waals surface area contributed by atoms with Crippen LogP contribution < -0.4 is 10.1 Å². The number of amides is 2. The van der Waals surface area contributed by atoms with Gasteiger partial charge in [0.15, 0.2) is 0 Å². The SMILES string of the molecule is COc1nn(C)cc1C(=O)Nc1ccc(C2CCN(C(=O)/C=C/c3cccc(C(F)(F)F)c3)CC2)cc1. The van der Waals surface area contributed by atoms with Crippen LogP contribution in [0.2, 0.25) is 0 Å². The number of anilines is 1. The quantitative estimate of drug-likeness (QED) is 0.466.